The molecule has 0 aromatic heterocycles. The van der Waals surface area contributed by atoms with Gasteiger partial charge in [0.25, 0.3) is 0 Å². The Morgan fingerprint density at radius 2 is 1.65 bits per heavy atom. The Kier molecular flexibility index (Phi) is 5.39. The average molecular weight is 277 g/mol. The number of rotatable bonds is 4. The fourth-order valence-electron chi connectivity index (χ4n) is 2.76. The monoisotopic (exact) mass is 277 g/mol. The highest BCUT2D eigenvalue weighted by atomic mass is 16.3. The zero-order valence-electron chi connectivity index (χ0n) is 14.0. The number of aliphatic hydroxyl groups excluding tert-OH is 1. The van der Waals surface area contributed by atoms with Gasteiger partial charge in [0.15, 0.2) is 0 Å². The number of aryl methyl sites for hydroxylation is 1. The highest BCUT2D eigenvalue weighted by Gasteiger charge is 2.27. The highest BCUT2D eigenvalue weighted by Crippen LogP contribution is 2.36. The van der Waals surface area contributed by atoms with Crippen molar-refractivity contribution in [3.05, 3.63) is 34.9 Å². The van der Waals surface area contributed by atoms with Crippen LogP contribution in [0.3, 0.4) is 0 Å². The number of nitrogens with two attached hydrogens (primary N) is 1. The van der Waals surface area contributed by atoms with Gasteiger partial charge in [-0.3, -0.25) is 0 Å². The van der Waals surface area contributed by atoms with Gasteiger partial charge < -0.3 is 10.8 Å². The van der Waals surface area contributed by atoms with Gasteiger partial charge in [-0.1, -0.05) is 59.7 Å². The zero-order valence-corrected chi connectivity index (χ0v) is 14.0. The molecule has 0 aliphatic carbocycles. The minimum absolute atomic E-state index is 0.104. The first-order valence-corrected chi connectivity index (χ1v) is 7.58. The summed E-state index contributed by atoms with van der Waals surface area (Å²) in [5, 5.41) is 9.72. The lowest BCUT2D eigenvalue weighted by atomic mass is 9.72. The van der Waals surface area contributed by atoms with E-state index in [1.54, 1.807) is 0 Å². The second kappa shape index (κ2) is 6.28. The second-order valence-electron chi connectivity index (χ2n) is 7.77. The molecule has 0 radical (unpaired) electrons. The van der Waals surface area contributed by atoms with Crippen molar-refractivity contribution in [3.63, 3.8) is 0 Å². The summed E-state index contributed by atoms with van der Waals surface area (Å²) in [6.45, 7) is 13.9. The number of benzene rings is 1. The van der Waals surface area contributed by atoms with E-state index in [4.69, 9.17) is 5.73 Å². The zero-order chi connectivity index (χ0) is 15.6. The molecule has 1 aromatic rings. The van der Waals surface area contributed by atoms with Crippen LogP contribution in [-0.4, -0.2) is 17.8 Å². The number of aliphatic hydroxyl groups is 1. The summed E-state index contributed by atoms with van der Waals surface area (Å²) in [7, 11) is 0. The van der Waals surface area contributed by atoms with E-state index in [0.717, 1.165) is 12.8 Å². The first kappa shape index (κ1) is 17.2. The van der Waals surface area contributed by atoms with Crippen LogP contribution in [0.25, 0.3) is 0 Å². The third-order valence-electron chi connectivity index (χ3n) is 3.73. The topological polar surface area (TPSA) is 46.2 Å². The van der Waals surface area contributed by atoms with E-state index < -0.39 is 6.10 Å². The minimum atomic E-state index is -0.402. The van der Waals surface area contributed by atoms with Gasteiger partial charge in [0.05, 0.1) is 6.10 Å². The molecule has 0 saturated carbocycles. The molecule has 0 saturated heterocycles. The molecule has 0 aliphatic rings. The molecular weight excluding hydrogens is 246 g/mol. The van der Waals surface area contributed by atoms with Crippen LogP contribution in [0.4, 0.5) is 0 Å². The quantitative estimate of drug-likeness (QED) is 0.884. The normalized spacial score (nSPS) is 14.4. The lowest BCUT2D eigenvalue weighted by Crippen LogP contribution is -2.25. The van der Waals surface area contributed by atoms with Crippen molar-refractivity contribution in [1.82, 2.24) is 0 Å². The van der Waals surface area contributed by atoms with Crippen LogP contribution in [0, 0.1) is 0 Å². The Balaban J connectivity index is 3.24. The van der Waals surface area contributed by atoms with Gasteiger partial charge in [-0.15, -0.1) is 0 Å². The van der Waals surface area contributed by atoms with Crippen molar-refractivity contribution in [2.24, 2.45) is 5.73 Å². The summed E-state index contributed by atoms with van der Waals surface area (Å²) < 4.78 is 0. The van der Waals surface area contributed by atoms with E-state index >= 15 is 0 Å². The van der Waals surface area contributed by atoms with Crippen LogP contribution in [0.15, 0.2) is 18.2 Å². The Morgan fingerprint density at radius 3 is 2.10 bits per heavy atom. The largest absolute Gasteiger partial charge is 0.392 e. The van der Waals surface area contributed by atoms with E-state index in [9.17, 15) is 5.11 Å². The highest BCUT2D eigenvalue weighted by molar-refractivity contribution is 5.43. The Bertz CT molecular complexity index is 438. The maximum Gasteiger partial charge on any atom is 0.0665 e. The molecule has 2 nitrogen and oxygen atoms in total. The fourth-order valence-corrected chi connectivity index (χ4v) is 2.76. The van der Waals surface area contributed by atoms with Crippen LogP contribution in [0.5, 0.6) is 0 Å². The molecule has 0 fully saturated rings. The van der Waals surface area contributed by atoms with Crippen molar-refractivity contribution < 1.29 is 5.11 Å². The van der Waals surface area contributed by atoms with E-state index in [0.29, 0.717) is 6.54 Å². The molecule has 1 aromatic carbocycles. The van der Waals surface area contributed by atoms with Crippen LogP contribution in [-0.2, 0) is 17.3 Å². The van der Waals surface area contributed by atoms with Crippen LogP contribution in [0.1, 0.15) is 64.7 Å². The maximum absolute atomic E-state index is 9.72. The Morgan fingerprint density at radius 1 is 1.05 bits per heavy atom. The molecular formula is C18H31NO. The average Bonchev–Trinajstić information content (AvgIpc) is 2.33. The predicted molar refractivity (Wildman–Crippen MR) is 87.2 cm³/mol. The molecule has 0 bridgehead atoms. The summed E-state index contributed by atoms with van der Waals surface area (Å²) in [6, 6.07) is 6.57. The molecule has 0 amide bonds. The predicted octanol–water partition coefficient (Wildman–Crippen LogP) is 3.53. The standard InChI is InChI=1S/C18H31NO/c1-17(2,3)15-9-7-8-13(10-11-14(20)12-19)16(15)18(4,5)6/h7-9,14,20H,10-12,19H2,1-6H3. The third-order valence-corrected chi connectivity index (χ3v) is 3.73. The SMILES string of the molecule is CC(C)(C)c1cccc(CCC(O)CN)c1C(C)(C)C. The van der Waals surface area contributed by atoms with Gasteiger partial charge in [0.1, 0.15) is 0 Å². The van der Waals surface area contributed by atoms with Gasteiger partial charge in [-0.25, -0.2) is 0 Å². The van der Waals surface area contributed by atoms with Gasteiger partial charge in [0, 0.05) is 6.54 Å². The van der Waals surface area contributed by atoms with Gasteiger partial charge >= 0.3 is 0 Å². The summed E-state index contributed by atoms with van der Waals surface area (Å²) in [4.78, 5) is 0. The molecule has 20 heavy (non-hydrogen) atoms. The van der Waals surface area contributed by atoms with E-state index in [1.165, 1.54) is 16.7 Å². The van der Waals surface area contributed by atoms with Crippen molar-refractivity contribution >= 4 is 0 Å². The first-order chi connectivity index (χ1) is 9.07. The second-order valence-corrected chi connectivity index (χ2v) is 7.77. The molecule has 2 heteroatoms. The van der Waals surface area contributed by atoms with E-state index in [2.05, 4.69) is 59.7 Å². The molecule has 114 valence electrons. The summed E-state index contributed by atoms with van der Waals surface area (Å²) >= 11 is 0. The van der Waals surface area contributed by atoms with Crippen molar-refractivity contribution in [2.45, 2.75) is 71.3 Å². The van der Waals surface area contributed by atoms with Crippen LogP contribution in [0.2, 0.25) is 0 Å². The summed E-state index contributed by atoms with van der Waals surface area (Å²) in [6.07, 6.45) is 1.21. The lowest BCUT2D eigenvalue weighted by Gasteiger charge is -2.32. The van der Waals surface area contributed by atoms with Gasteiger partial charge in [-0.05, 0) is 40.4 Å². The molecule has 0 aliphatic heterocycles. The molecule has 1 atom stereocenters. The number of hydrogen-bond acceptors (Lipinski definition) is 2. The molecule has 0 heterocycles. The van der Waals surface area contributed by atoms with Gasteiger partial charge in [0.2, 0.25) is 0 Å². The summed E-state index contributed by atoms with van der Waals surface area (Å²) in [5.74, 6) is 0. The first-order valence-electron chi connectivity index (χ1n) is 7.58. The fraction of sp³-hybridized carbons (Fsp3) is 0.667. The smallest absolute Gasteiger partial charge is 0.0665 e. The third kappa shape index (κ3) is 4.32. The molecule has 3 N–H and O–H groups in total. The number of hydrogen-bond donors (Lipinski definition) is 2. The van der Waals surface area contributed by atoms with Crippen molar-refractivity contribution in [2.75, 3.05) is 6.54 Å². The molecule has 1 unspecified atom stereocenters. The van der Waals surface area contributed by atoms with Crippen molar-refractivity contribution in [3.8, 4) is 0 Å². The van der Waals surface area contributed by atoms with E-state index in [1.807, 2.05) is 0 Å². The van der Waals surface area contributed by atoms with Crippen molar-refractivity contribution in [1.29, 1.82) is 0 Å². The molecule has 1 rings (SSSR count). The van der Waals surface area contributed by atoms with Gasteiger partial charge in [-0.2, -0.15) is 0 Å². The maximum atomic E-state index is 9.72. The minimum Gasteiger partial charge on any atom is -0.392 e. The van der Waals surface area contributed by atoms with E-state index in [-0.39, 0.29) is 10.8 Å². The van der Waals surface area contributed by atoms with Crippen LogP contribution >= 0.6 is 0 Å². The lowest BCUT2D eigenvalue weighted by molar-refractivity contribution is 0.173. The Labute approximate surface area is 124 Å². The Hall–Kier alpha value is -0.860. The summed E-state index contributed by atoms with van der Waals surface area (Å²) in [5.41, 5.74) is 9.92. The molecule has 0 spiro atoms. The van der Waals surface area contributed by atoms with Crippen LogP contribution < -0.4 is 5.73 Å².